The van der Waals surface area contributed by atoms with Crippen LogP contribution in [0.1, 0.15) is 22.4 Å². The summed E-state index contributed by atoms with van der Waals surface area (Å²) in [4.78, 5) is 4.50. The van der Waals surface area contributed by atoms with Gasteiger partial charge in [0, 0.05) is 6.20 Å². The minimum atomic E-state index is -3.51. The molecule has 20 heavy (non-hydrogen) atoms. The summed E-state index contributed by atoms with van der Waals surface area (Å²) in [5, 5.41) is 0. The summed E-state index contributed by atoms with van der Waals surface area (Å²) in [6.07, 6.45) is 1.66. The molecule has 1 heterocycles. The lowest BCUT2D eigenvalue weighted by Crippen LogP contribution is -2.24. The van der Waals surface area contributed by atoms with Crippen molar-refractivity contribution in [2.24, 2.45) is 0 Å². The Morgan fingerprint density at radius 1 is 1.10 bits per heavy atom. The quantitative estimate of drug-likeness (QED) is 0.941. The summed E-state index contributed by atoms with van der Waals surface area (Å²) >= 11 is 0. The van der Waals surface area contributed by atoms with Gasteiger partial charge in [-0.3, -0.25) is 4.98 Å². The lowest BCUT2D eigenvalue weighted by atomic mass is 10.2. The molecule has 5 heteroatoms. The lowest BCUT2D eigenvalue weighted by molar-refractivity contribution is 0.579. The molecule has 2 aromatic rings. The van der Waals surface area contributed by atoms with Gasteiger partial charge in [0.1, 0.15) is 0 Å². The summed E-state index contributed by atoms with van der Waals surface area (Å²) in [6.45, 7) is 5.84. The summed E-state index contributed by atoms with van der Waals surface area (Å²) in [6, 6.07) is 9.04. The van der Waals surface area contributed by atoms with Crippen molar-refractivity contribution in [3.05, 3.63) is 58.9 Å². The van der Waals surface area contributed by atoms with Crippen molar-refractivity contribution < 1.29 is 8.42 Å². The van der Waals surface area contributed by atoms with Crippen molar-refractivity contribution >= 4 is 10.0 Å². The first-order chi connectivity index (χ1) is 9.40. The molecule has 0 aliphatic rings. The van der Waals surface area contributed by atoms with Gasteiger partial charge in [0.05, 0.1) is 17.1 Å². The molecule has 0 atom stereocenters. The third-order valence-corrected chi connectivity index (χ3v) is 4.73. The maximum atomic E-state index is 12.3. The molecule has 0 unspecified atom stereocenters. The van der Waals surface area contributed by atoms with Crippen molar-refractivity contribution in [1.29, 1.82) is 0 Å². The second kappa shape index (κ2) is 5.73. The van der Waals surface area contributed by atoms with Crippen LogP contribution in [0.15, 0.2) is 41.4 Å². The average molecular weight is 290 g/mol. The number of pyridine rings is 1. The second-order valence-corrected chi connectivity index (χ2v) is 6.60. The maximum Gasteiger partial charge on any atom is 0.241 e. The molecule has 0 saturated heterocycles. The largest absolute Gasteiger partial charge is 0.260 e. The number of hydrogen-bond donors (Lipinski definition) is 1. The van der Waals surface area contributed by atoms with Gasteiger partial charge >= 0.3 is 0 Å². The predicted octanol–water partition coefficient (Wildman–Crippen LogP) is 2.49. The Balaban J connectivity index is 2.22. The highest BCUT2D eigenvalue weighted by Crippen LogP contribution is 2.16. The SMILES string of the molecule is Cc1ccc(S(=O)(=O)NCc2ncccc2C)c(C)c1. The Labute approximate surface area is 119 Å². The zero-order valence-electron chi connectivity index (χ0n) is 11.8. The van der Waals surface area contributed by atoms with Gasteiger partial charge in [-0.2, -0.15) is 0 Å². The molecular formula is C15H18N2O2S. The molecular weight excluding hydrogens is 272 g/mol. The average Bonchev–Trinajstić information content (AvgIpc) is 2.37. The zero-order valence-corrected chi connectivity index (χ0v) is 12.7. The Bertz CT molecular complexity index is 724. The number of nitrogens with zero attached hydrogens (tertiary/aromatic N) is 1. The fourth-order valence-corrected chi connectivity index (χ4v) is 3.26. The van der Waals surface area contributed by atoms with E-state index in [-0.39, 0.29) is 6.54 Å². The first-order valence-corrected chi connectivity index (χ1v) is 7.86. The minimum Gasteiger partial charge on any atom is -0.260 e. The molecule has 1 aromatic carbocycles. The van der Waals surface area contributed by atoms with Crippen LogP contribution in [-0.2, 0) is 16.6 Å². The molecule has 0 aliphatic carbocycles. The molecule has 0 spiro atoms. The number of aromatic nitrogens is 1. The van der Waals surface area contributed by atoms with E-state index in [1.807, 2.05) is 32.0 Å². The molecule has 0 fully saturated rings. The molecule has 0 radical (unpaired) electrons. The summed E-state index contributed by atoms with van der Waals surface area (Å²) in [5.41, 5.74) is 3.49. The third-order valence-electron chi connectivity index (χ3n) is 3.17. The van der Waals surface area contributed by atoms with Crippen molar-refractivity contribution in [3.8, 4) is 0 Å². The molecule has 0 saturated carbocycles. The van der Waals surface area contributed by atoms with Crippen LogP contribution in [0.5, 0.6) is 0 Å². The third kappa shape index (κ3) is 3.23. The number of sulfonamides is 1. The summed E-state index contributed by atoms with van der Waals surface area (Å²) in [7, 11) is -3.51. The van der Waals surface area contributed by atoms with E-state index in [2.05, 4.69) is 9.71 Å². The molecule has 1 aromatic heterocycles. The van der Waals surface area contributed by atoms with Gasteiger partial charge in [-0.1, -0.05) is 23.8 Å². The molecule has 0 aliphatic heterocycles. The molecule has 106 valence electrons. The van der Waals surface area contributed by atoms with Gasteiger partial charge in [0.2, 0.25) is 10.0 Å². The van der Waals surface area contributed by atoms with E-state index in [9.17, 15) is 8.42 Å². The molecule has 0 bridgehead atoms. The molecule has 1 N–H and O–H groups in total. The van der Waals surface area contributed by atoms with Crippen LogP contribution in [0.4, 0.5) is 0 Å². The summed E-state index contributed by atoms with van der Waals surface area (Å²) < 4.78 is 27.2. The first-order valence-electron chi connectivity index (χ1n) is 6.37. The van der Waals surface area contributed by atoms with E-state index in [1.165, 1.54) is 0 Å². The van der Waals surface area contributed by atoms with Crippen LogP contribution in [0, 0.1) is 20.8 Å². The van der Waals surface area contributed by atoms with Crippen LogP contribution in [0.2, 0.25) is 0 Å². The van der Waals surface area contributed by atoms with Crippen molar-refractivity contribution in [2.75, 3.05) is 0 Å². The van der Waals surface area contributed by atoms with Crippen LogP contribution in [0.25, 0.3) is 0 Å². The van der Waals surface area contributed by atoms with Crippen LogP contribution in [-0.4, -0.2) is 13.4 Å². The van der Waals surface area contributed by atoms with E-state index in [1.54, 1.807) is 25.3 Å². The Kier molecular flexibility index (Phi) is 4.20. The fraction of sp³-hybridized carbons (Fsp3) is 0.267. The van der Waals surface area contributed by atoms with Gasteiger partial charge in [-0.15, -0.1) is 0 Å². The Morgan fingerprint density at radius 2 is 1.85 bits per heavy atom. The Hall–Kier alpha value is -1.72. The Morgan fingerprint density at radius 3 is 2.50 bits per heavy atom. The second-order valence-electron chi connectivity index (χ2n) is 4.86. The van der Waals surface area contributed by atoms with Gasteiger partial charge in [0.25, 0.3) is 0 Å². The molecule has 4 nitrogen and oxygen atoms in total. The monoisotopic (exact) mass is 290 g/mol. The highest BCUT2D eigenvalue weighted by molar-refractivity contribution is 7.89. The van der Waals surface area contributed by atoms with Crippen molar-refractivity contribution in [2.45, 2.75) is 32.2 Å². The van der Waals surface area contributed by atoms with Crippen molar-refractivity contribution in [1.82, 2.24) is 9.71 Å². The normalized spacial score (nSPS) is 11.6. The van der Waals surface area contributed by atoms with E-state index < -0.39 is 10.0 Å². The van der Waals surface area contributed by atoms with Crippen molar-refractivity contribution in [3.63, 3.8) is 0 Å². The highest BCUT2D eigenvalue weighted by Gasteiger charge is 2.16. The number of rotatable bonds is 4. The number of aryl methyl sites for hydroxylation is 3. The number of hydrogen-bond acceptors (Lipinski definition) is 3. The highest BCUT2D eigenvalue weighted by atomic mass is 32.2. The smallest absolute Gasteiger partial charge is 0.241 e. The van der Waals surface area contributed by atoms with Gasteiger partial charge in [-0.25, -0.2) is 13.1 Å². The van der Waals surface area contributed by atoms with Crippen LogP contribution in [0.3, 0.4) is 0 Å². The number of nitrogens with one attached hydrogen (secondary N) is 1. The van der Waals surface area contributed by atoms with Gasteiger partial charge in [-0.05, 0) is 44.0 Å². The van der Waals surface area contributed by atoms with E-state index >= 15 is 0 Å². The zero-order chi connectivity index (χ0) is 14.8. The first kappa shape index (κ1) is 14.7. The standard InChI is InChI=1S/C15H18N2O2S/c1-11-6-7-15(13(3)9-11)20(18,19)17-10-14-12(2)5-4-8-16-14/h4-9,17H,10H2,1-3H3. The van der Waals surface area contributed by atoms with E-state index in [0.717, 1.165) is 22.4 Å². The van der Waals surface area contributed by atoms with Crippen LogP contribution < -0.4 is 4.72 Å². The topological polar surface area (TPSA) is 59.1 Å². The lowest BCUT2D eigenvalue weighted by Gasteiger charge is -2.10. The van der Waals surface area contributed by atoms with Crippen LogP contribution >= 0.6 is 0 Å². The summed E-state index contributed by atoms with van der Waals surface area (Å²) in [5.74, 6) is 0. The maximum absolute atomic E-state index is 12.3. The minimum absolute atomic E-state index is 0.197. The van der Waals surface area contributed by atoms with Gasteiger partial charge in [0.15, 0.2) is 0 Å². The van der Waals surface area contributed by atoms with Gasteiger partial charge < -0.3 is 0 Å². The predicted molar refractivity (Wildman–Crippen MR) is 78.9 cm³/mol. The van der Waals surface area contributed by atoms with E-state index in [0.29, 0.717) is 4.90 Å². The molecule has 0 amide bonds. The number of benzene rings is 1. The molecule has 2 rings (SSSR count). The van der Waals surface area contributed by atoms with E-state index in [4.69, 9.17) is 0 Å². The fourth-order valence-electron chi connectivity index (χ4n) is 2.05.